The lowest BCUT2D eigenvalue weighted by atomic mass is 10.1. The Morgan fingerprint density at radius 3 is 2.62 bits per heavy atom. The quantitative estimate of drug-likeness (QED) is 0.751. The molecule has 3 N–H and O–H groups in total. The number of aryl methyl sites for hydroxylation is 1. The molecule has 0 aliphatic rings. The van der Waals surface area contributed by atoms with Crippen LogP contribution >= 0.6 is 0 Å². The van der Waals surface area contributed by atoms with Crippen molar-refractivity contribution in [2.45, 2.75) is 19.9 Å². The predicted octanol–water partition coefficient (Wildman–Crippen LogP) is 1.03. The molecule has 0 aromatic heterocycles. The molecule has 4 nitrogen and oxygen atoms in total. The number of carbonyl (C=O) groups is 1. The Bertz CT molecular complexity index is 370. The van der Waals surface area contributed by atoms with Crippen LogP contribution in [0.4, 0.5) is 5.69 Å². The van der Waals surface area contributed by atoms with Gasteiger partial charge in [-0.25, -0.2) is 0 Å². The Morgan fingerprint density at radius 2 is 2.12 bits per heavy atom. The number of hydrogen-bond acceptors (Lipinski definition) is 3. The van der Waals surface area contributed by atoms with Crippen molar-refractivity contribution in [3.05, 3.63) is 29.3 Å². The number of aliphatic hydroxyl groups is 1. The molecule has 1 atom stereocenters. The van der Waals surface area contributed by atoms with Crippen LogP contribution in [0.1, 0.15) is 22.8 Å². The molecule has 88 valence electrons. The van der Waals surface area contributed by atoms with E-state index in [0.717, 1.165) is 5.56 Å². The summed E-state index contributed by atoms with van der Waals surface area (Å²) in [5.74, 6) is -0.128. The molecule has 0 radical (unpaired) electrons. The van der Waals surface area contributed by atoms with E-state index < -0.39 is 0 Å². The highest BCUT2D eigenvalue weighted by molar-refractivity contribution is 5.95. The molecule has 1 unspecified atom stereocenters. The summed E-state index contributed by atoms with van der Waals surface area (Å²) in [5.41, 5.74) is 7.77. The van der Waals surface area contributed by atoms with E-state index in [9.17, 15) is 4.79 Å². The van der Waals surface area contributed by atoms with Crippen LogP contribution in [0.3, 0.4) is 0 Å². The maximum atomic E-state index is 12.0. The van der Waals surface area contributed by atoms with E-state index in [1.165, 1.54) is 4.90 Å². The Balaban J connectivity index is 2.96. The van der Waals surface area contributed by atoms with Gasteiger partial charge in [-0.05, 0) is 37.6 Å². The van der Waals surface area contributed by atoms with Gasteiger partial charge in [-0.2, -0.15) is 0 Å². The zero-order valence-electron chi connectivity index (χ0n) is 9.90. The average Bonchev–Trinajstić information content (AvgIpc) is 2.24. The third-order valence-corrected chi connectivity index (χ3v) is 2.59. The number of anilines is 1. The van der Waals surface area contributed by atoms with Gasteiger partial charge in [-0.3, -0.25) is 4.79 Å². The van der Waals surface area contributed by atoms with Crippen molar-refractivity contribution < 1.29 is 9.90 Å². The first kappa shape index (κ1) is 12.5. The molecule has 1 aromatic rings. The first-order valence-corrected chi connectivity index (χ1v) is 5.21. The molecule has 0 heterocycles. The molecule has 0 aliphatic heterocycles. The number of hydrogen-bond donors (Lipinski definition) is 2. The molecular weight excluding hydrogens is 204 g/mol. The Kier molecular flexibility index (Phi) is 3.90. The number of rotatable bonds is 3. The fourth-order valence-corrected chi connectivity index (χ4v) is 1.46. The fraction of sp³-hybridized carbons (Fsp3) is 0.417. The summed E-state index contributed by atoms with van der Waals surface area (Å²) in [4.78, 5) is 13.5. The van der Waals surface area contributed by atoms with Crippen molar-refractivity contribution in [1.82, 2.24) is 4.90 Å². The monoisotopic (exact) mass is 222 g/mol. The largest absolute Gasteiger partial charge is 0.399 e. The highest BCUT2D eigenvalue weighted by Crippen LogP contribution is 2.13. The average molecular weight is 222 g/mol. The molecule has 0 saturated carbocycles. The summed E-state index contributed by atoms with van der Waals surface area (Å²) >= 11 is 0. The molecule has 0 aliphatic carbocycles. The summed E-state index contributed by atoms with van der Waals surface area (Å²) in [6, 6.07) is 5.05. The molecule has 0 saturated heterocycles. The Hall–Kier alpha value is -1.55. The van der Waals surface area contributed by atoms with Gasteiger partial charge in [0.1, 0.15) is 0 Å². The first-order chi connectivity index (χ1) is 7.45. The number of nitrogens with zero attached hydrogens (tertiary/aromatic N) is 1. The second kappa shape index (κ2) is 4.99. The lowest BCUT2D eigenvalue weighted by Crippen LogP contribution is -2.37. The van der Waals surface area contributed by atoms with E-state index in [2.05, 4.69) is 0 Å². The van der Waals surface area contributed by atoms with E-state index in [4.69, 9.17) is 10.8 Å². The Morgan fingerprint density at radius 1 is 1.50 bits per heavy atom. The SMILES string of the molecule is Cc1cc(N)cc(C(=O)N(C)C(C)CO)c1. The van der Waals surface area contributed by atoms with Gasteiger partial charge in [0.15, 0.2) is 0 Å². The van der Waals surface area contributed by atoms with E-state index in [-0.39, 0.29) is 18.6 Å². The van der Waals surface area contributed by atoms with Crippen LogP contribution in [-0.4, -0.2) is 35.6 Å². The van der Waals surface area contributed by atoms with Gasteiger partial charge < -0.3 is 15.7 Å². The summed E-state index contributed by atoms with van der Waals surface area (Å²) in [6.45, 7) is 3.63. The molecule has 4 heteroatoms. The number of aliphatic hydroxyl groups excluding tert-OH is 1. The molecule has 0 spiro atoms. The third kappa shape index (κ3) is 2.73. The van der Waals surface area contributed by atoms with Crippen LogP contribution in [0, 0.1) is 6.92 Å². The lowest BCUT2D eigenvalue weighted by Gasteiger charge is -2.23. The van der Waals surface area contributed by atoms with Gasteiger partial charge in [0.05, 0.1) is 12.6 Å². The molecule has 1 amide bonds. The van der Waals surface area contributed by atoms with E-state index in [0.29, 0.717) is 11.3 Å². The van der Waals surface area contributed by atoms with Crippen molar-refractivity contribution in [3.8, 4) is 0 Å². The molecule has 1 aromatic carbocycles. The lowest BCUT2D eigenvalue weighted by molar-refractivity contribution is 0.0682. The number of carbonyl (C=O) groups excluding carboxylic acids is 1. The maximum absolute atomic E-state index is 12.0. The number of likely N-dealkylation sites (N-methyl/N-ethyl adjacent to an activating group) is 1. The molecule has 16 heavy (non-hydrogen) atoms. The predicted molar refractivity (Wildman–Crippen MR) is 64.2 cm³/mol. The van der Waals surface area contributed by atoms with Crippen LogP contribution in [-0.2, 0) is 0 Å². The molecular formula is C12H18N2O2. The van der Waals surface area contributed by atoms with Gasteiger partial charge in [0.2, 0.25) is 0 Å². The van der Waals surface area contributed by atoms with E-state index >= 15 is 0 Å². The van der Waals surface area contributed by atoms with Gasteiger partial charge in [0.25, 0.3) is 5.91 Å². The topological polar surface area (TPSA) is 66.6 Å². The second-order valence-corrected chi connectivity index (χ2v) is 4.08. The molecule has 0 fully saturated rings. The van der Waals surface area contributed by atoms with E-state index in [1.54, 1.807) is 26.1 Å². The minimum absolute atomic E-state index is 0.0520. The van der Waals surface area contributed by atoms with Crippen LogP contribution in [0.15, 0.2) is 18.2 Å². The smallest absolute Gasteiger partial charge is 0.253 e. The summed E-state index contributed by atoms with van der Waals surface area (Å²) in [7, 11) is 1.67. The normalized spacial score (nSPS) is 12.2. The van der Waals surface area contributed by atoms with Crippen molar-refractivity contribution in [2.24, 2.45) is 0 Å². The number of nitrogens with two attached hydrogens (primary N) is 1. The standard InChI is InChI=1S/C12H18N2O2/c1-8-4-10(6-11(13)5-8)12(16)14(3)9(2)7-15/h4-6,9,15H,7,13H2,1-3H3. The number of nitrogen functional groups attached to an aromatic ring is 1. The van der Waals surface area contributed by atoms with Gasteiger partial charge in [0, 0.05) is 18.3 Å². The van der Waals surface area contributed by atoms with Gasteiger partial charge in [-0.1, -0.05) is 0 Å². The Labute approximate surface area is 95.7 Å². The van der Waals surface area contributed by atoms with Crippen LogP contribution in [0.2, 0.25) is 0 Å². The fourth-order valence-electron chi connectivity index (χ4n) is 1.46. The number of amides is 1. The third-order valence-electron chi connectivity index (χ3n) is 2.59. The highest BCUT2D eigenvalue weighted by atomic mass is 16.3. The zero-order valence-corrected chi connectivity index (χ0v) is 9.90. The van der Waals surface area contributed by atoms with Gasteiger partial charge in [-0.15, -0.1) is 0 Å². The van der Waals surface area contributed by atoms with Crippen LogP contribution in [0.5, 0.6) is 0 Å². The minimum Gasteiger partial charge on any atom is -0.399 e. The minimum atomic E-state index is -0.200. The van der Waals surface area contributed by atoms with Gasteiger partial charge >= 0.3 is 0 Å². The second-order valence-electron chi connectivity index (χ2n) is 4.08. The van der Waals surface area contributed by atoms with Crippen molar-refractivity contribution in [2.75, 3.05) is 19.4 Å². The highest BCUT2D eigenvalue weighted by Gasteiger charge is 2.17. The molecule has 0 bridgehead atoms. The van der Waals surface area contributed by atoms with Crippen LogP contribution < -0.4 is 5.73 Å². The van der Waals surface area contributed by atoms with Crippen molar-refractivity contribution >= 4 is 11.6 Å². The maximum Gasteiger partial charge on any atom is 0.253 e. The number of benzene rings is 1. The van der Waals surface area contributed by atoms with Crippen molar-refractivity contribution in [1.29, 1.82) is 0 Å². The van der Waals surface area contributed by atoms with Crippen molar-refractivity contribution in [3.63, 3.8) is 0 Å². The zero-order chi connectivity index (χ0) is 12.3. The molecule has 1 rings (SSSR count). The van der Waals surface area contributed by atoms with E-state index in [1.807, 2.05) is 13.0 Å². The summed E-state index contributed by atoms with van der Waals surface area (Å²) < 4.78 is 0. The first-order valence-electron chi connectivity index (χ1n) is 5.21. The summed E-state index contributed by atoms with van der Waals surface area (Å²) in [6.07, 6.45) is 0. The van der Waals surface area contributed by atoms with Crippen LogP contribution in [0.25, 0.3) is 0 Å². The summed E-state index contributed by atoms with van der Waals surface area (Å²) in [5, 5.41) is 8.99.